The van der Waals surface area contributed by atoms with Crippen LogP contribution in [0.2, 0.25) is 0 Å². The monoisotopic (exact) mass is 289 g/mol. The van der Waals surface area contributed by atoms with Gasteiger partial charge in [0.1, 0.15) is 5.82 Å². The molecule has 6 nitrogen and oxygen atoms in total. The lowest BCUT2D eigenvalue weighted by Crippen LogP contribution is -2.46. The van der Waals surface area contributed by atoms with Crippen LogP contribution < -0.4 is 5.32 Å². The first-order chi connectivity index (χ1) is 8.58. The molecule has 104 valence electrons. The minimum atomic E-state index is -0.775. The van der Waals surface area contributed by atoms with Crippen LogP contribution in [0.1, 0.15) is 10.4 Å². The highest BCUT2D eigenvalue weighted by atomic mass is 35.5. The van der Waals surface area contributed by atoms with Crippen molar-refractivity contribution in [3.63, 3.8) is 0 Å². The van der Waals surface area contributed by atoms with Crippen LogP contribution in [0.25, 0.3) is 0 Å². The molecule has 0 spiro atoms. The molecule has 1 aliphatic heterocycles. The number of piperazine rings is 1. The van der Waals surface area contributed by atoms with Crippen LogP contribution in [-0.2, 0) is 0 Å². The summed E-state index contributed by atoms with van der Waals surface area (Å²) in [6.07, 6.45) is 0. The maximum Gasteiger partial charge on any atom is 0.273 e. The van der Waals surface area contributed by atoms with Crippen molar-refractivity contribution >= 4 is 24.0 Å². The molecule has 0 unspecified atom stereocenters. The number of nitro groups is 1. The highest BCUT2D eigenvalue weighted by Gasteiger charge is 2.21. The summed E-state index contributed by atoms with van der Waals surface area (Å²) >= 11 is 0. The average molecular weight is 290 g/mol. The Morgan fingerprint density at radius 3 is 2.53 bits per heavy atom. The second-order valence-corrected chi connectivity index (χ2v) is 4.00. The highest BCUT2D eigenvalue weighted by molar-refractivity contribution is 5.95. The van der Waals surface area contributed by atoms with Crippen LogP contribution >= 0.6 is 12.4 Å². The van der Waals surface area contributed by atoms with E-state index in [1.165, 1.54) is 0 Å². The molecule has 1 aromatic carbocycles. The molecule has 8 heteroatoms. The fourth-order valence-corrected chi connectivity index (χ4v) is 1.85. The Morgan fingerprint density at radius 2 is 1.95 bits per heavy atom. The number of rotatable bonds is 2. The summed E-state index contributed by atoms with van der Waals surface area (Å²) in [5, 5.41) is 13.7. The number of hydrogen-bond donors (Lipinski definition) is 1. The Labute approximate surface area is 115 Å². The van der Waals surface area contributed by atoms with Gasteiger partial charge in [-0.2, -0.15) is 0 Å². The minimum absolute atomic E-state index is 0. The third-order valence-electron chi connectivity index (χ3n) is 2.74. The van der Waals surface area contributed by atoms with E-state index in [0.29, 0.717) is 26.2 Å². The van der Waals surface area contributed by atoms with Gasteiger partial charge in [-0.05, 0) is 6.07 Å². The number of halogens is 2. The third kappa shape index (κ3) is 3.62. The van der Waals surface area contributed by atoms with Crippen LogP contribution in [0.5, 0.6) is 0 Å². The molecular weight excluding hydrogens is 277 g/mol. The first-order valence-corrected chi connectivity index (χ1v) is 5.53. The number of nitro benzene ring substituents is 1. The van der Waals surface area contributed by atoms with E-state index in [4.69, 9.17) is 0 Å². The van der Waals surface area contributed by atoms with Gasteiger partial charge in [-0.25, -0.2) is 4.39 Å². The van der Waals surface area contributed by atoms with E-state index in [1.54, 1.807) is 4.90 Å². The summed E-state index contributed by atoms with van der Waals surface area (Å²) < 4.78 is 13.2. The van der Waals surface area contributed by atoms with Crippen molar-refractivity contribution in [1.82, 2.24) is 10.2 Å². The summed E-state index contributed by atoms with van der Waals surface area (Å²) in [6.45, 7) is 2.37. The zero-order valence-electron chi connectivity index (χ0n) is 9.97. The first kappa shape index (κ1) is 15.3. The van der Waals surface area contributed by atoms with Crippen LogP contribution in [0.15, 0.2) is 18.2 Å². The number of benzene rings is 1. The van der Waals surface area contributed by atoms with E-state index < -0.39 is 16.4 Å². The van der Waals surface area contributed by atoms with Gasteiger partial charge in [0, 0.05) is 37.8 Å². The fraction of sp³-hybridized carbons (Fsp3) is 0.364. The molecule has 2 rings (SSSR count). The summed E-state index contributed by atoms with van der Waals surface area (Å²) in [6, 6.07) is 2.93. The van der Waals surface area contributed by atoms with Gasteiger partial charge in [-0.15, -0.1) is 12.4 Å². The number of carbonyl (C=O) groups is 1. The molecule has 1 N–H and O–H groups in total. The van der Waals surface area contributed by atoms with Crippen molar-refractivity contribution in [3.05, 3.63) is 39.7 Å². The van der Waals surface area contributed by atoms with Gasteiger partial charge >= 0.3 is 0 Å². The molecule has 19 heavy (non-hydrogen) atoms. The molecule has 1 heterocycles. The smallest absolute Gasteiger partial charge is 0.273 e. The number of hydrogen-bond acceptors (Lipinski definition) is 4. The zero-order valence-corrected chi connectivity index (χ0v) is 10.8. The summed E-state index contributed by atoms with van der Waals surface area (Å²) in [7, 11) is 0. The van der Waals surface area contributed by atoms with E-state index in [1.807, 2.05) is 0 Å². The number of non-ortho nitro benzene ring substituents is 1. The minimum Gasteiger partial charge on any atom is -0.336 e. The maximum absolute atomic E-state index is 13.2. The standard InChI is InChI=1S/C11H12FN3O3.ClH/c12-9-5-8(6-10(7-9)15(17)18)11(16)14-3-1-13-2-4-14;/h5-7,13H,1-4H2;1H. The molecule has 0 atom stereocenters. The van der Waals surface area contributed by atoms with Gasteiger partial charge in [0.15, 0.2) is 0 Å². The van der Waals surface area contributed by atoms with Gasteiger partial charge in [0.2, 0.25) is 0 Å². The maximum atomic E-state index is 13.2. The Morgan fingerprint density at radius 1 is 1.32 bits per heavy atom. The van der Waals surface area contributed by atoms with Crippen molar-refractivity contribution in [2.45, 2.75) is 0 Å². The molecular formula is C11H13ClFN3O3. The molecule has 0 aromatic heterocycles. The number of carbonyl (C=O) groups excluding carboxylic acids is 1. The van der Waals surface area contributed by atoms with Crippen molar-refractivity contribution in [1.29, 1.82) is 0 Å². The first-order valence-electron chi connectivity index (χ1n) is 5.53. The zero-order chi connectivity index (χ0) is 13.1. The third-order valence-corrected chi connectivity index (χ3v) is 2.74. The summed E-state index contributed by atoms with van der Waals surface area (Å²) in [5.41, 5.74) is -0.392. The second-order valence-electron chi connectivity index (χ2n) is 4.00. The van der Waals surface area contributed by atoms with Crippen LogP contribution in [0, 0.1) is 15.9 Å². The van der Waals surface area contributed by atoms with Crippen molar-refractivity contribution in [3.8, 4) is 0 Å². The van der Waals surface area contributed by atoms with E-state index >= 15 is 0 Å². The van der Waals surface area contributed by atoms with E-state index in [0.717, 1.165) is 18.2 Å². The molecule has 1 fully saturated rings. The summed E-state index contributed by atoms with van der Waals surface area (Å²) in [4.78, 5) is 23.5. The van der Waals surface area contributed by atoms with Crippen LogP contribution in [0.3, 0.4) is 0 Å². The SMILES string of the molecule is Cl.O=C(c1cc(F)cc([N+](=O)[O-])c1)N1CCNCC1. The number of nitrogens with zero attached hydrogens (tertiary/aromatic N) is 2. The van der Waals surface area contributed by atoms with Crippen molar-refractivity contribution < 1.29 is 14.1 Å². The molecule has 0 bridgehead atoms. The Hall–Kier alpha value is -1.73. The second kappa shape index (κ2) is 6.44. The van der Waals surface area contributed by atoms with Crippen LogP contribution in [0.4, 0.5) is 10.1 Å². The molecule has 1 aromatic rings. The lowest BCUT2D eigenvalue weighted by Gasteiger charge is -2.27. The quantitative estimate of drug-likeness (QED) is 0.656. The molecule has 0 saturated carbocycles. The van der Waals surface area contributed by atoms with E-state index in [2.05, 4.69) is 5.32 Å². The Balaban J connectivity index is 0.00000180. The Bertz CT molecular complexity index is 492. The number of amides is 1. The highest BCUT2D eigenvalue weighted by Crippen LogP contribution is 2.17. The van der Waals surface area contributed by atoms with Crippen LogP contribution in [-0.4, -0.2) is 41.9 Å². The fourth-order valence-electron chi connectivity index (χ4n) is 1.85. The number of nitrogens with one attached hydrogen (secondary N) is 1. The van der Waals surface area contributed by atoms with Gasteiger partial charge in [-0.3, -0.25) is 14.9 Å². The molecule has 0 radical (unpaired) electrons. The Kier molecular flexibility index (Phi) is 5.20. The molecule has 1 aliphatic rings. The van der Waals surface area contributed by atoms with Gasteiger partial charge < -0.3 is 10.2 Å². The van der Waals surface area contributed by atoms with Gasteiger partial charge in [0.25, 0.3) is 11.6 Å². The van der Waals surface area contributed by atoms with Gasteiger partial charge in [-0.1, -0.05) is 0 Å². The lowest BCUT2D eigenvalue weighted by atomic mass is 10.1. The van der Waals surface area contributed by atoms with E-state index in [9.17, 15) is 19.3 Å². The van der Waals surface area contributed by atoms with E-state index in [-0.39, 0.29) is 23.9 Å². The lowest BCUT2D eigenvalue weighted by molar-refractivity contribution is -0.385. The molecule has 1 amide bonds. The van der Waals surface area contributed by atoms with Gasteiger partial charge in [0.05, 0.1) is 11.0 Å². The summed E-state index contributed by atoms with van der Waals surface area (Å²) in [5.74, 6) is -1.15. The topological polar surface area (TPSA) is 75.5 Å². The van der Waals surface area contributed by atoms with Crippen molar-refractivity contribution in [2.24, 2.45) is 0 Å². The van der Waals surface area contributed by atoms with Crippen molar-refractivity contribution in [2.75, 3.05) is 26.2 Å². The molecule has 0 aliphatic carbocycles. The molecule has 1 saturated heterocycles. The predicted octanol–water partition coefficient (Wildman–Crippen LogP) is 1.20. The predicted molar refractivity (Wildman–Crippen MR) is 69.1 cm³/mol. The largest absolute Gasteiger partial charge is 0.336 e. The normalized spacial score (nSPS) is 14.7. The average Bonchev–Trinajstić information content (AvgIpc) is 2.38.